The number of likely N-dealkylation sites (N-methyl/N-ethyl adjacent to an activating group) is 1. The van der Waals surface area contributed by atoms with Gasteiger partial charge in [0.05, 0.1) is 13.2 Å². The first-order valence-corrected chi connectivity index (χ1v) is 8.16. The van der Waals surface area contributed by atoms with Crippen molar-refractivity contribution in [2.45, 2.75) is 6.54 Å². The highest BCUT2D eigenvalue weighted by atomic mass is 16.5. The second kappa shape index (κ2) is 9.62. The van der Waals surface area contributed by atoms with Crippen LogP contribution in [0, 0.1) is 0 Å². The molecule has 0 bridgehead atoms. The van der Waals surface area contributed by atoms with Crippen molar-refractivity contribution in [2.24, 2.45) is 0 Å². The van der Waals surface area contributed by atoms with Gasteiger partial charge in [-0.05, 0) is 24.7 Å². The van der Waals surface area contributed by atoms with E-state index in [1.807, 2.05) is 12.1 Å². The number of benzene rings is 1. The predicted octanol–water partition coefficient (Wildman–Crippen LogP) is 0.609. The number of rotatable bonds is 8. The average Bonchev–Trinajstić information content (AvgIpc) is 2.54. The van der Waals surface area contributed by atoms with Crippen LogP contribution in [-0.4, -0.2) is 75.7 Å². The van der Waals surface area contributed by atoms with Crippen LogP contribution in [-0.2, 0) is 16.1 Å². The van der Waals surface area contributed by atoms with Gasteiger partial charge in [0, 0.05) is 52.1 Å². The fourth-order valence-corrected chi connectivity index (χ4v) is 2.59. The second-order valence-electron chi connectivity index (χ2n) is 6.00. The highest BCUT2D eigenvalue weighted by Crippen LogP contribution is 2.13. The standard InChI is InChI=1S/C17H28N4O2/c1-20-7-9-21(10-8-20)14-15-4-3-5-16(12-15)19-17(22)13-18-6-11-23-2/h3-5,12,18H,6-11,13-14H2,1-2H3,(H,19,22). The first kappa shape index (κ1) is 17.9. The lowest BCUT2D eigenvalue weighted by Gasteiger charge is -2.32. The van der Waals surface area contributed by atoms with Crippen molar-refractivity contribution in [1.82, 2.24) is 15.1 Å². The van der Waals surface area contributed by atoms with Crippen LogP contribution in [0.5, 0.6) is 0 Å². The van der Waals surface area contributed by atoms with Crippen LogP contribution in [0.2, 0.25) is 0 Å². The van der Waals surface area contributed by atoms with E-state index in [1.54, 1.807) is 7.11 Å². The number of amides is 1. The van der Waals surface area contributed by atoms with E-state index in [0.29, 0.717) is 19.7 Å². The van der Waals surface area contributed by atoms with E-state index < -0.39 is 0 Å². The number of piperazine rings is 1. The molecule has 0 radical (unpaired) electrons. The number of carbonyl (C=O) groups is 1. The van der Waals surface area contributed by atoms with E-state index in [0.717, 1.165) is 38.4 Å². The van der Waals surface area contributed by atoms with E-state index in [4.69, 9.17) is 4.74 Å². The Morgan fingerprint density at radius 3 is 2.78 bits per heavy atom. The number of nitrogens with zero attached hydrogens (tertiary/aromatic N) is 2. The molecule has 6 nitrogen and oxygen atoms in total. The monoisotopic (exact) mass is 320 g/mol. The lowest BCUT2D eigenvalue weighted by atomic mass is 10.1. The van der Waals surface area contributed by atoms with Crippen LogP contribution in [0.4, 0.5) is 5.69 Å². The van der Waals surface area contributed by atoms with Gasteiger partial charge in [-0.1, -0.05) is 12.1 Å². The zero-order valence-corrected chi connectivity index (χ0v) is 14.2. The Hall–Kier alpha value is -1.47. The number of hydrogen-bond acceptors (Lipinski definition) is 5. The molecule has 128 valence electrons. The Balaban J connectivity index is 1.78. The molecule has 1 heterocycles. The van der Waals surface area contributed by atoms with E-state index >= 15 is 0 Å². The number of carbonyl (C=O) groups excluding carboxylic acids is 1. The van der Waals surface area contributed by atoms with E-state index in [-0.39, 0.29) is 5.91 Å². The molecule has 1 aromatic carbocycles. The minimum Gasteiger partial charge on any atom is -0.383 e. The summed E-state index contributed by atoms with van der Waals surface area (Å²) in [6.45, 7) is 6.93. The molecule has 1 amide bonds. The third-order valence-electron chi connectivity index (χ3n) is 3.98. The summed E-state index contributed by atoms with van der Waals surface area (Å²) < 4.78 is 4.93. The Morgan fingerprint density at radius 1 is 1.26 bits per heavy atom. The first-order chi connectivity index (χ1) is 11.2. The van der Waals surface area contributed by atoms with Gasteiger partial charge in [-0.15, -0.1) is 0 Å². The number of methoxy groups -OCH3 is 1. The summed E-state index contributed by atoms with van der Waals surface area (Å²) in [5, 5.41) is 5.98. The molecule has 0 spiro atoms. The molecule has 1 aliphatic rings. The van der Waals surface area contributed by atoms with Crippen molar-refractivity contribution in [2.75, 3.05) is 65.3 Å². The maximum absolute atomic E-state index is 11.9. The molecular weight excluding hydrogens is 292 g/mol. The fourth-order valence-electron chi connectivity index (χ4n) is 2.59. The second-order valence-corrected chi connectivity index (χ2v) is 6.00. The number of anilines is 1. The molecular formula is C17H28N4O2. The molecule has 0 aliphatic carbocycles. The van der Waals surface area contributed by atoms with Crippen LogP contribution in [0.15, 0.2) is 24.3 Å². The number of ether oxygens (including phenoxy) is 1. The van der Waals surface area contributed by atoms with Crippen molar-refractivity contribution in [3.05, 3.63) is 29.8 Å². The molecule has 0 atom stereocenters. The summed E-state index contributed by atoms with van der Waals surface area (Å²) in [6.07, 6.45) is 0. The van der Waals surface area contributed by atoms with Gasteiger partial charge >= 0.3 is 0 Å². The molecule has 1 fully saturated rings. The zero-order chi connectivity index (χ0) is 16.5. The van der Waals surface area contributed by atoms with Crippen molar-refractivity contribution < 1.29 is 9.53 Å². The van der Waals surface area contributed by atoms with Crippen molar-refractivity contribution in [3.63, 3.8) is 0 Å². The van der Waals surface area contributed by atoms with Crippen LogP contribution in [0.1, 0.15) is 5.56 Å². The van der Waals surface area contributed by atoms with Gasteiger partial charge in [0.15, 0.2) is 0 Å². The minimum atomic E-state index is -0.0298. The molecule has 1 saturated heterocycles. The molecule has 1 aliphatic heterocycles. The Kier molecular flexibility index (Phi) is 7.48. The highest BCUT2D eigenvalue weighted by molar-refractivity contribution is 5.92. The number of nitrogens with one attached hydrogen (secondary N) is 2. The SMILES string of the molecule is COCCNCC(=O)Nc1cccc(CN2CCN(C)CC2)c1. The molecule has 2 rings (SSSR count). The zero-order valence-electron chi connectivity index (χ0n) is 14.2. The maximum Gasteiger partial charge on any atom is 0.238 e. The summed E-state index contributed by atoms with van der Waals surface area (Å²) in [5.74, 6) is -0.0298. The quantitative estimate of drug-likeness (QED) is 0.687. The molecule has 2 N–H and O–H groups in total. The lowest BCUT2D eigenvalue weighted by molar-refractivity contribution is -0.115. The number of hydrogen-bond donors (Lipinski definition) is 2. The van der Waals surface area contributed by atoms with Crippen LogP contribution in [0.25, 0.3) is 0 Å². The molecule has 23 heavy (non-hydrogen) atoms. The van der Waals surface area contributed by atoms with E-state index in [2.05, 4.69) is 39.6 Å². The topological polar surface area (TPSA) is 56.8 Å². The highest BCUT2D eigenvalue weighted by Gasteiger charge is 2.14. The van der Waals surface area contributed by atoms with Crippen LogP contribution in [0.3, 0.4) is 0 Å². The molecule has 0 saturated carbocycles. The summed E-state index contributed by atoms with van der Waals surface area (Å²) in [4.78, 5) is 16.7. The summed E-state index contributed by atoms with van der Waals surface area (Å²) in [6, 6.07) is 8.11. The molecule has 1 aromatic rings. The Bertz CT molecular complexity index is 487. The van der Waals surface area contributed by atoms with Crippen molar-refractivity contribution >= 4 is 11.6 Å². The van der Waals surface area contributed by atoms with Gasteiger partial charge in [-0.3, -0.25) is 9.69 Å². The van der Waals surface area contributed by atoms with Gasteiger partial charge < -0.3 is 20.3 Å². The third-order valence-corrected chi connectivity index (χ3v) is 3.98. The smallest absolute Gasteiger partial charge is 0.238 e. The van der Waals surface area contributed by atoms with Gasteiger partial charge in [-0.25, -0.2) is 0 Å². The Morgan fingerprint density at radius 2 is 2.04 bits per heavy atom. The van der Waals surface area contributed by atoms with Gasteiger partial charge in [0.1, 0.15) is 0 Å². The summed E-state index contributed by atoms with van der Waals surface area (Å²) in [7, 11) is 3.81. The normalized spacial score (nSPS) is 16.4. The molecule has 0 aromatic heterocycles. The van der Waals surface area contributed by atoms with Crippen LogP contribution >= 0.6 is 0 Å². The summed E-state index contributed by atoms with van der Waals surface area (Å²) in [5.41, 5.74) is 2.09. The fraction of sp³-hybridized carbons (Fsp3) is 0.588. The maximum atomic E-state index is 11.9. The minimum absolute atomic E-state index is 0.0298. The van der Waals surface area contributed by atoms with Gasteiger partial charge in [0.25, 0.3) is 0 Å². The van der Waals surface area contributed by atoms with Crippen molar-refractivity contribution in [3.8, 4) is 0 Å². The van der Waals surface area contributed by atoms with E-state index in [9.17, 15) is 4.79 Å². The van der Waals surface area contributed by atoms with Gasteiger partial charge in [-0.2, -0.15) is 0 Å². The molecule has 6 heteroatoms. The Labute approximate surface area is 138 Å². The largest absolute Gasteiger partial charge is 0.383 e. The molecule has 0 unspecified atom stereocenters. The lowest BCUT2D eigenvalue weighted by Crippen LogP contribution is -2.43. The summed E-state index contributed by atoms with van der Waals surface area (Å²) >= 11 is 0. The predicted molar refractivity (Wildman–Crippen MR) is 92.6 cm³/mol. The van der Waals surface area contributed by atoms with Crippen molar-refractivity contribution in [1.29, 1.82) is 0 Å². The van der Waals surface area contributed by atoms with E-state index in [1.165, 1.54) is 5.56 Å². The average molecular weight is 320 g/mol. The van der Waals surface area contributed by atoms with Crippen LogP contribution < -0.4 is 10.6 Å². The van der Waals surface area contributed by atoms with Gasteiger partial charge in [0.2, 0.25) is 5.91 Å². The first-order valence-electron chi connectivity index (χ1n) is 8.16. The third kappa shape index (κ3) is 6.66.